The van der Waals surface area contributed by atoms with Crippen molar-refractivity contribution in [1.29, 1.82) is 0 Å². The summed E-state index contributed by atoms with van der Waals surface area (Å²) >= 11 is 1.82. The topological polar surface area (TPSA) is 12.5 Å². The molecule has 0 N–H and O–H groups in total. The number of rotatable bonds is 6. The zero-order valence-corrected chi connectivity index (χ0v) is 15.7. The minimum atomic E-state index is -0.236. The summed E-state index contributed by atoms with van der Waals surface area (Å²) < 4.78 is 22.0. The average molecular weight is 340 g/mol. The van der Waals surface area contributed by atoms with Crippen LogP contribution < -0.4 is 4.74 Å². The van der Waals surface area contributed by atoms with Crippen LogP contribution in [0.3, 0.4) is 0 Å². The van der Waals surface area contributed by atoms with E-state index in [0.717, 1.165) is 6.54 Å². The van der Waals surface area contributed by atoms with Gasteiger partial charge >= 0.3 is 0 Å². The third-order valence-corrected chi connectivity index (χ3v) is 5.63. The van der Waals surface area contributed by atoms with Crippen LogP contribution in [0.25, 0.3) is 0 Å². The molecule has 1 heterocycles. The largest absolute Gasteiger partial charge is 0.490 e. The molecule has 1 saturated carbocycles. The van der Waals surface area contributed by atoms with Crippen LogP contribution in [0.4, 0.5) is 4.39 Å². The molecule has 2 aliphatic rings. The maximum atomic E-state index is 13.9. The Bertz CT molecular complexity index is 492. The van der Waals surface area contributed by atoms with Crippen LogP contribution in [-0.4, -0.2) is 29.8 Å². The first-order valence-corrected chi connectivity index (χ1v) is 10.1. The maximum absolute atomic E-state index is 13.9. The van der Waals surface area contributed by atoms with E-state index in [2.05, 4.69) is 17.5 Å². The van der Waals surface area contributed by atoms with Gasteiger partial charge in [-0.2, -0.15) is 0 Å². The normalized spacial score (nSPS) is 22.4. The van der Waals surface area contributed by atoms with Crippen molar-refractivity contribution in [3.63, 3.8) is 0 Å². The molecule has 1 aliphatic heterocycles. The summed E-state index contributed by atoms with van der Waals surface area (Å²) in [5, 5.41) is 0. The number of nitrogens with zero attached hydrogens (tertiary/aromatic N) is 1. The lowest BCUT2D eigenvalue weighted by atomic mass is 9.92. The highest BCUT2D eigenvalue weighted by molar-refractivity contribution is 7.96. The van der Waals surface area contributed by atoms with E-state index in [1.54, 1.807) is 6.07 Å². The lowest BCUT2D eigenvalue weighted by molar-refractivity contribution is 0.284. The van der Waals surface area contributed by atoms with Crippen LogP contribution in [0.1, 0.15) is 57.9 Å². The van der Waals surface area contributed by atoms with Gasteiger partial charge in [0.25, 0.3) is 0 Å². The van der Waals surface area contributed by atoms with Gasteiger partial charge in [0.1, 0.15) is 0 Å². The van der Waals surface area contributed by atoms with E-state index in [4.69, 9.17) is 4.74 Å². The fourth-order valence-corrected chi connectivity index (χ4v) is 3.99. The van der Waals surface area contributed by atoms with Crippen molar-refractivity contribution in [2.45, 2.75) is 58.4 Å². The highest BCUT2D eigenvalue weighted by Gasteiger charge is 2.30. The summed E-state index contributed by atoms with van der Waals surface area (Å²) in [5.74, 6) is 1.25. The van der Waals surface area contributed by atoms with E-state index in [9.17, 15) is 4.39 Å². The van der Waals surface area contributed by atoms with Crippen LogP contribution in [0.5, 0.6) is 5.75 Å². The van der Waals surface area contributed by atoms with Crippen LogP contribution in [0.15, 0.2) is 18.2 Å². The first-order chi connectivity index (χ1) is 11.2. The summed E-state index contributed by atoms with van der Waals surface area (Å²) in [7, 11) is 0. The molecule has 2 atom stereocenters. The van der Waals surface area contributed by atoms with Gasteiger partial charge in [-0.1, -0.05) is 38.8 Å². The van der Waals surface area contributed by atoms with Crippen LogP contribution >= 0.6 is 11.9 Å². The molecule has 2 fully saturated rings. The van der Waals surface area contributed by atoms with Crippen LogP contribution in [0, 0.1) is 11.7 Å². The number of benzene rings is 1. The first-order valence-electron chi connectivity index (χ1n) is 8.92. The fraction of sp³-hybridized carbons (Fsp3) is 0.684. The molecule has 0 bridgehead atoms. The number of hydrogen-bond donors (Lipinski definition) is 0. The van der Waals surface area contributed by atoms with E-state index in [-0.39, 0.29) is 5.82 Å². The third kappa shape index (κ3) is 4.87. The molecular weight excluding hydrogens is 309 g/mol. The van der Waals surface area contributed by atoms with Gasteiger partial charge < -0.3 is 4.74 Å². The van der Waals surface area contributed by atoms with E-state index < -0.39 is 0 Å². The Labute approximate surface area is 144 Å². The van der Waals surface area contributed by atoms with Crippen molar-refractivity contribution in [2.24, 2.45) is 5.92 Å². The molecule has 1 aromatic rings. The van der Waals surface area contributed by atoms with Gasteiger partial charge in [0.2, 0.25) is 0 Å². The highest BCUT2D eigenvalue weighted by Crippen LogP contribution is 2.36. The van der Waals surface area contributed by atoms with E-state index in [1.807, 2.05) is 37.9 Å². The molecule has 2 nitrogen and oxygen atoms in total. The average Bonchev–Trinajstić information content (AvgIpc) is 3.30. The van der Waals surface area contributed by atoms with Gasteiger partial charge in [-0.05, 0) is 61.5 Å². The zero-order chi connectivity index (χ0) is 16.8. The molecule has 0 spiro atoms. The van der Waals surface area contributed by atoms with Crippen LogP contribution in [0.2, 0.25) is 0 Å². The minimum absolute atomic E-state index is 0.236. The maximum Gasteiger partial charge on any atom is 0.165 e. The molecule has 23 heavy (non-hydrogen) atoms. The summed E-state index contributed by atoms with van der Waals surface area (Å²) in [4.78, 5) is 0. The molecule has 4 heteroatoms. The molecule has 130 valence electrons. The molecular formula is C19H30FNOS. The lowest BCUT2D eigenvalue weighted by Gasteiger charge is -2.28. The van der Waals surface area contributed by atoms with Crippen molar-refractivity contribution >= 4 is 11.9 Å². The molecule has 0 amide bonds. The number of hydrogen-bond acceptors (Lipinski definition) is 3. The first kappa shape index (κ1) is 18.6. The second-order valence-corrected chi connectivity index (χ2v) is 7.10. The Balaban J connectivity index is 0.000000924. The molecule has 0 aromatic heterocycles. The Kier molecular flexibility index (Phi) is 7.22. The Morgan fingerprint density at radius 3 is 2.70 bits per heavy atom. The Morgan fingerprint density at radius 1 is 1.30 bits per heavy atom. The Morgan fingerprint density at radius 2 is 2.04 bits per heavy atom. The van der Waals surface area contributed by atoms with E-state index >= 15 is 0 Å². The Hall–Kier alpha value is -0.740. The molecule has 2 unspecified atom stereocenters. The van der Waals surface area contributed by atoms with E-state index in [1.165, 1.54) is 31.2 Å². The predicted octanol–water partition coefficient (Wildman–Crippen LogP) is 5.49. The van der Waals surface area contributed by atoms with Gasteiger partial charge in [0.15, 0.2) is 11.6 Å². The van der Waals surface area contributed by atoms with Gasteiger partial charge in [0.05, 0.1) is 6.61 Å². The number of halogens is 1. The quantitative estimate of drug-likeness (QED) is 0.636. The van der Waals surface area contributed by atoms with Crippen molar-refractivity contribution in [2.75, 3.05) is 19.4 Å². The zero-order valence-electron chi connectivity index (χ0n) is 14.8. The van der Waals surface area contributed by atoms with Gasteiger partial charge in [-0.25, -0.2) is 8.70 Å². The van der Waals surface area contributed by atoms with Crippen LogP contribution in [-0.2, 0) is 0 Å². The monoisotopic (exact) mass is 339 g/mol. The highest BCUT2D eigenvalue weighted by atomic mass is 32.2. The molecule has 1 aromatic carbocycles. The van der Waals surface area contributed by atoms with Crippen molar-refractivity contribution < 1.29 is 9.13 Å². The third-order valence-electron chi connectivity index (χ3n) is 4.71. The predicted molar refractivity (Wildman–Crippen MR) is 97.6 cm³/mol. The SMILES string of the molecule is CC.CSN1CCCC1C(C)c1ccc(F)c(OCC2CC2)c1. The lowest BCUT2D eigenvalue weighted by Crippen LogP contribution is -2.27. The summed E-state index contributed by atoms with van der Waals surface area (Å²) in [6.07, 6.45) is 7.06. The molecule has 0 radical (unpaired) electrons. The summed E-state index contributed by atoms with van der Waals surface area (Å²) in [5.41, 5.74) is 1.19. The second-order valence-electron chi connectivity index (χ2n) is 6.27. The summed E-state index contributed by atoms with van der Waals surface area (Å²) in [6, 6.07) is 5.94. The van der Waals surface area contributed by atoms with Gasteiger partial charge in [-0.15, -0.1) is 0 Å². The number of ether oxygens (including phenoxy) is 1. The second kappa shape index (κ2) is 8.93. The van der Waals surface area contributed by atoms with Crippen molar-refractivity contribution in [1.82, 2.24) is 4.31 Å². The van der Waals surface area contributed by atoms with E-state index in [0.29, 0.717) is 30.2 Å². The summed E-state index contributed by atoms with van der Waals surface area (Å²) in [6.45, 7) is 8.06. The van der Waals surface area contributed by atoms with Gasteiger partial charge in [-0.3, -0.25) is 0 Å². The minimum Gasteiger partial charge on any atom is -0.490 e. The van der Waals surface area contributed by atoms with Crippen molar-refractivity contribution in [3.05, 3.63) is 29.6 Å². The smallest absolute Gasteiger partial charge is 0.165 e. The molecule has 1 aliphatic carbocycles. The van der Waals surface area contributed by atoms with Crippen molar-refractivity contribution in [3.8, 4) is 5.75 Å². The van der Waals surface area contributed by atoms with Gasteiger partial charge in [0, 0.05) is 12.6 Å². The molecule has 3 rings (SSSR count). The fourth-order valence-electron chi connectivity index (χ4n) is 3.12. The standard InChI is InChI=1S/C17H24FNOS.C2H6/c1-12(16-4-3-9-19(16)21-2)14-7-8-15(18)17(10-14)20-11-13-5-6-13;1-2/h7-8,10,12-13,16H,3-6,9,11H2,1-2H3;1-2H3. The molecule has 1 saturated heterocycles.